The lowest BCUT2D eigenvalue weighted by molar-refractivity contribution is -0.159. The van der Waals surface area contributed by atoms with Gasteiger partial charge in [0.2, 0.25) is 5.91 Å². The van der Waals surface area contributed by atoms with Crippen molar-refractivity contribution < 1.29 is 43.0 Å². The number of nitrogens with two attached hydrogens (primary N) is 1. The highest BCUT2D eigenvalue weighted by molar-refractivity contribution is 5.96. The largest absolute Gasteiger partial charge is 0.460 e. The number of pyridine rings is 1. The monoisotopic (exact) mass is 818 g/mol. The Labute approximate surface area is 347 Å². The summed E-state index contributed by atoms with van der Waals surface area (Å²) in [5.74, 6) is -2.92. The maximum absolute atomic E-state index is 13.6. The number of fused-ring (bicyclic) bond motifs is 1. The predicted octanol–water partition coefficient (Wildman–Crippen LogP) is 5.16. The van der Waals surface area contributed by atoms with Crippen LogP contribution in [0.2, 0.25) is 0 Å². The van der Waals surface area contributed by atoms with Crippen LogP contribution in [0, 0.1) is 0 Å². The third-order valence-electron chi connectivity index (χ3n) is 8.44. The number of esters is 3. The van der Waals surface area contributed by atoms with Crippen molar-refractivity contribution in [2.45, 2.75) is 142 Å². The lowest BCUT2D eigenvalue weighted by Crippen LogP contribution is -2.53. The first-order valence-electron chi connectivity index (χ1n) is 20.0. The zero-order chi connectivity index (χ0) is 44.0. The van der Waals surface area contributed by atoms with Crippen LogP contribution in [0.1, 0.15) is 116 Å². The van der Waals surface area contributed by atoms with Crippen LogP contribution in [0.3, 0.4) is 0 Å². The molecule has 0 saturated carbocycles. The van der Waals surface area contributed by atoms with E-state index in [4.69, 9.17) is 19.9 Å². The van der Waals surface area contributed by atoms with Crippen LogP contribution in [-0.2, 0) is 46.4 Å². The fourth-order valence-corrected chi connectivity index (χ4v) is 5.79. The summed E-state index contributed by atoms with van der Waals surface area (Å²) >= 11 is 0. The van der Waals surface area contributed by atoms with Crippen LogP contribution in [0.4, 0.5) is 4.79 Å². The van der Waals surface area contributed by atoms with E-state index < -0.39 is 70.7 Å². The van der Waals surface area contributed by atoms with Crippen molar-refractivity contribution >= 4 is 46.5 Å². The molecule has 15 nitrogen and oxygen atoms in total. The van der Waals surface area contributed by atoms with E-state index in [1.54, 1.807) is 74.4 Å². The van der Waals surface area contributed by atoms with Gasteiger partial charge >= 0.3 is 23.9 Å². The number of hydrogen-bond donors (Lipinski definition) is 5. The maximum atomic E-state index is 13.6. The Balaban J connectivity index is 1.68. The number of unbranched alkanes of at least 4 members (excludes halogenated alkanes) is 1. The van der Waals surface area contributed by atoms with E-state index in [9.17, 15) is 28.8 Å². The van der Waals surface area contributed by atoms with Gasteiger partial charge in [0.25, 0.3) is 5.91 Å². The lowest BCUT2D eigenvalue weighted by Gasteiger charge is -2.27. The third kappa shape index (κ3) is 17.8. The van der Waals surface area contributed by atoms with Crippen LogP contribution in [0.15, 0.2) is 60.8 Å². The van der Waals surface area contributed by atoms with Crippen molar-refractivity contribution in [2.24, 2.45) is 5.73 Å². The summed E-state index contributed by atoms with van der Waals surface area (Å²) in [7, 11) is 0. The summed E-state index contributed by atoms with van der Waals surface area (Å²) in [5.41, 5.74) is 4.96. The molecule has 0 fully saturated rings. The second-order valence-corrected chi connectivity index (χ2v) is 17.4. The Kier molecular flexibility index (Phi) is 17.4. The van der Waals surface area contributed by atoms with E-state index in [0.717, 1.165) is 21.9 Å². The van der Waals surface area contributed by atoms with Crippen LogP contribution >= 0.6 is 0 Å². The Bertz CT molecular complexity index is 1910. The third-order valence-corrected chi connectivity index (χ3v) is 8.44. The number of aromatic nitrogens is 1. The SMILES string of the molecule is CC(C)(C)OC(=O)CC[C@H](NC(=O)N[C@@H](CCCCNC(=O)[C@H](Cc1ccc2ccccc2c1)NC(=O)c1ccc(CN)cn1)C(=O)OC(C)(C)C)C(=O)OC(C)(C)C. The molecule has 6 N–H and O–H groups in total. The van der Waals surface area contributed by atoms with Crippen LogP contribution in [0.5, 0.6) is 0 Å². The number of ether oxygens (including phenoxy) is 3. The number of carbonyl (C=O) groups is 6. The molecule has 1 aromatic heterocycles. The molecule has 3 rings (SSSR count). The Morgan fingerprint density at radius 2 is 1.24 bits per heavy atom. The second-order valence-electron chi connectivity index (χ2n) is 17.4. The van der Waals surface area contributed by atoms with Gasteiger partial charge in [0.15, 0.2) is 0 Å². The molecule has 0 aliphatic rings. The maximum Gasteiger partial charge on any atom is 0.329 e. The van der Waals surface area contributed by atoms with E-state index in [2.05, 4.69) is 26.3 Å². The molecule has 0 unspecified atom stereocenters. The summed E-state index contributed by atoms with van der Waals surface area (Å²) in [6.45, 7) is 15.8. The van der Waals surface area contributed by atoms with Gasteiger partial charge in [0, 0.05) is 32.1 Å². The molecular weight excluding hydrogens is 757 g/mol. The molecule has 2 aromatic carbocycles. The van der Waals surface area contributed by atoms with Gasteiger partial charge in [0.1, 0.15) is 40.6 Å². The zero-order valence-corrected chi connectivity index (χ0v) is 35.9. The minimum atomic E-state index is -1.22. The highest BCUT2D eigenvalue weighted by atomic mass is 16.6. The summed E-state index contributed by atoms with van der Waals surface area (Å²) in [6, 6.07) is 12.8. The molecule has 1 heterocycles. The zero-order valence-electron chi connectivity index (χ0n) is 35.9. The molecule has 4 amide bonds. The Morgan fingerprint density at radius 3 is 1.80 bits per heavy atom. The van der Waals surface area contributed by atoms with Gasteiger partial charge in [-0.2, -0.15) is 0 Å². The molecule has 59 heavy (non-hydrogen) atoms. The molecule has 0 saturated heterocycles. The van der Waals surface area contributed by atoms with Gasteiger partial charge in [-0.05, 0) is 116 Å². The van der Waals surface area contributed by atoms with Crippen molar-refractivity contribution in [2.75, 3.05) is 6.54 Å². The first-order valence-corrected chi connectivity index (χ1v) is 20.0. The highest BCUT2D eigenvalue weighted by Crippen LogP contribution is 2.18. The van der Waals surface area contributed by atoms with E-state index >= 15 is 0 Å². The van der Waals surface area contributed by atoms with Gasteiger partial charge in [-0.15, -0.1) is 0 Å². The fourth-order valence-electron chi connectivity index (χ4n) is 5.79. The number of nitrogens with one attached hydrogen (secondary N) is 4. The van der Waals surface area contributed by atoms with Gasteiger partial charge < -0.3 is 41.2 Å². The average molecular weight is 819 g/mol. The first-order chi connectivity index (χ1) is 27.5. The van der Waals surface area contributed by atoms with Crippen molar-refractivity contribution in [3.05, 3.63) is 77.6 Å². The van der Waals surface area contributed by atoms with Crippen molar-refractivity contribution in [3.8, 4) is 0 Å². The molecule has 322 valence electrons. The number of nitrogens with zero attached hydrogens (tertiary/aromatic N) is 1. The Morgan fingerprint density at radius 1 is 0.661 bits per heavy atom. The van der Waals surface area contributed by atoms with Crippen LogP contribution < -0.4 is 27.0 Å². The quantitative estimate of drug-likeness (QED) is 0.0642. The summed E-state index contributed by atoms with van der Waals surface area (Å²) in [5, 5.41) is 12.9. The molecule has 0 spiro atoms. The molecule has 0 bridgehead atoms. The molecule has 0 aliphatic heterocycles. The number of hydrogen-bond acceptors (Lipinski definition) is 11. The average Bonchev–Trinajstić information content (AvgIpc) is 3.13. The number of rotatable bonds is 18. The lowest BCUT2D eigenvalue weighted by atomic mass is 10.0. The van der Waals surface area contributed by atoms with E-state index in [1.807, 2.05) is 42.5 Å². The van der Waals surface area contributed by atoms with E-state index in [0.29, 0.717) is 12.8 Å². The second kappa shape index (κ2) is 21.4. The number of amides is 4. The summed E-state index contributed by atoms with van der Waals surface area (Å²) < 4.78 is 16.4. The fraction of sp³-hybridized carbons (Fsp3) is 0.523. The van der Waals surface area contributed by atoms with Gasteiger partial charge in [-0.3, -0.25) is 19.4 Å². The topological polar surface area (TPSA) is 217 Å². The molecule has 3 atom stereocenters. The van der Waals surface area contributed by atoms with Crippen LogP contribution in [-0.4, -0.2) is 82.2 Å². The van der Waals surface area contributed by atoms with Crippen molar-refractivity contribution in [3.63, 3.8) is 0 Å². The smallest absolute Gasteiger partial charge is 0.329 e. The van der Waals surface area contributed by atoms with E-state index in [-0.39, 0.29) is 44.5 Å². The van der Waals surface area contributed by atoms with Crippen molar-refractivity contribution in [1.82, 2.24) is 26.3 Å². The van der Waals surface area contributed by atoms with Gasteiger partial charge in [-0.1, -0.05) is 48.5 Å². The number of benzene rings is 2. The Hall–Kier alpha value is -5.57. The van der Waals surface area contributed by atoms with Gasteiger partial charge in [0.05, 0.1) is 0 Å². The predicted molar refractivity (Wildman–Crippen MR) is 224 cm³/mol. The summed E-state index contributed by atoms with van der Waals surface area (Å²) in [4.78, 5) is 83.2. The first kappa shape index (κ1) is 47.8. The number of carbonyl (C=O) groups excluding carboxylic acids is 6. The molecule has 0 radical (unpaired) electrons. The number of urea groups is 1. The normalized spacial score (nSPS) is 13.3. The molecule has 15 heteroatoms. The minimum Gasteiger partial charge on any atom is -0.460 e. The highest BCUT2D eigenvalue weighted by Gasteiger charge is 2.31. The van der Waals surface area contributed by atoms with Gasteiger partial charge in [-0.25, -0.2) is 14.4 Å². The van der Waals surface area contributed by atoms with Crippen LogP contribution in [0.25, 0.3) is 10.8 Å². The van der Waals surface area contributed by atoms with E-state index in [1.165, 1.54) is 6.20 Å². The molecule has 3 aromatic rings. The molecular formula is C44H62N6O9. The van der Waals surface area contributed by atoms with Crippen molar-refractivity contribution in [1.29, 1.82) is 0 Å². The molecule has 0 aliphatic carbocycles. The summed E-state index contributed by atoms with van der Waals surface area (Å²) in [6.07, 6.45) is 2.37. The minimum absolute atomic E-state index is 0.104. The standard InChI is InChI=1S/C44H62N6O9/c1-42(2,3)57-36(51)22-21-34(40(55)59-44(7,8)9)50-41(56)49-33(39(54)58-43(4,5)6)16-12-13-23-46-37(52)35(48-38(53)32-20-18-29(26-45)27-47-32)25-28-17-19-30-14-10-11-15-31(30)24-28/h10-11,14-15,17-20,24,27,33-35H,12-13,16,21-23,25-26,45H2,1-9H3,(H,46,52)(H,48,53)(H2,49,50,56)/t33-,34-,35-/m0/s1.